The average molecular weight is 322 g/mol. The summed E-state index contributed by atoms with van der Waals surface area (Å²) >= 11 is 0. The first-order valence-corrected chi connectivity index (χ1v) is 7.09. The Balaban J connectivity index is 0.00000220. The molecule has 2 fully saturated rings. The number of halogens is 1. The van der Waals surface area contributed by atoms with Gasteiger partial charge in [0.1, 0.15) is 12.2 Å². The van der Waals surface area contributed by atoms with E-state index in [2.05, 4.69) is 0 Å². The van der Waals surface area contributed by atoms with E-state index < -0.39 is 6.10 Å². The molecule has 122 valence electrons. The fraction of sp³-hybridized carbons (Fsp3) is 0.846. The first-order chi connectivity index (χ1) is 9.67. The van der Waals surface area contributed by atoms with Crippen molar-refractivity contribution in [2.75, 3.05) is 46.4 Å². The van der Waals surface area contributed by atoms with Gasteiger partial charge in [-0.3, -0.25) is 9.59 Å². The van der Waals surface area contributed by atoms with Crippen LogP contribution in [0.25, 0.3) is 0 Å². The van der Waals surface area contributed by atoms with Crippen LogP contribution in [0.4, 0.5) is 0 Å². The van der Waals surface area contributed by atoms with Gasteiger partial charge in [0, 0.05) is 46.4 Å². The first kappa shape index (κ1) is 18.2. The van der Waals surface area contributed by atoms with Crippen molar-refractivity contribution in [1.29, 1.82) is 0 Å². The van der Waals surface area contributed by atoms with E-state index in [1.54, 1.807) is 9.80 Å². The number of methoxy groups -OCH3 is 1. The van der Waals surface area contributed by atoms with Gasteiger partial charge in [-0.25, -0.2) is 0 Å². The molecule has 2 amide bonds. The number of nitrogens with two attached hydrogens (primary N) is 1. The number of carbonyl (C=O) groups excluding carboxylic acids is 2. The molecular weight excluding hydrogens is 298 g/mol. The Labute approximate surface area is 131 Å². The third-order valence-electron chi connectivity index (χ3n) is 3.88. The molecule has 0 saturated carbocycles. The lowest BCUT2D eigenvalue weighted by molar-refractivity contribution is -0.149. The summed E-state index contributed by atoms with van der Waals surface area (Å²) < 4.78 is 10.5. The predicted molar refractivity (Wildman–Crippen MR) is 79.2 cm³/mol. The Morgan fingerprint density at radius 2 is 1.90 bits per heavy atom. The lowest BCUT2D eigenvalue weighted by atomic mass is 10.2. The first-order valence-electron chi connectivity index (χ1n) is 7.09. The normalized spacial score (nSPS) is 23.6. The molecule has 2 heterocycles. The van der Waals surface area contributed by atoms with Crippen LogP contribution in [-0.4, -0.2) is 80.3 Å². The van der Waals surface area contributed by atoms with Crippen molar-refractivity contribution in [3.8, 4) is 0 Å². The Bertz CT molecular complexity index is 329. The minimum absolute atomic E-state index is 0. The van der Waals surface area contributed by atoms with E-state index in [4.69, 9.17) is 15.2 Å². The SMILES string of the molecule is COC(CN)C(=O)N1CCN(C(=O)C2CCCO2)CC1.Cl. The summed E-state index contributed by atoms with van der Waals surface area (Å²) in [4.78, 5) is 27.8. The molecule has 2 aliphatic heterocycles. The standard InChI is InChI=1S/C13H23N3O4.ClH/c1-19-11(9-14)13(18)16-6-4-15(5-7-16)12(17)10-3-2-8-20-10;/h10-11H,2-9,14H2,1H3;1H. The van der Waals surface area contributed by atoms with Crippen LogP contribution in [0.1, 0.15) is 12.8 Å². The largest absolute Gasteiger partial charge is 0.370 e. The zero-order chi connectivity index (χ0) is 14.5. The molecule has 0 spiro atoms. The third-order valence-corrected chi connectivity index (χ3v) is 3.88. The maximum absolute atomic E-state index is 12.2. The summed E-state index contributed by atoms with van der Waals surface area (Å²) in [5.41, 5.74) is 5.50. The van der Waals surface area contributed by atoms with E-state index in [0.29, 0.717) is 32.8 Å². The highest BCUT2D eigenvalue weighted by Gasteiger charge is 2.32. The summed E-state index contributed by atoms with van der Waals surface area (Å²) in [7, 11) is 1.48. The molecule has 0 aromatic heterocycles. The van der Waals surface area contributed by atoms with Crippen molar-refractivity contribution in [2.45, 2.75) is 25.0 Å². The fourth-order valence-electron chi connectivity index (χ4n) is 2.62. The molecule has 2 aliphatic rings. The van der Waals surface area contributed by atoms with Gasteiger partial charge in [0.2, 0.25) is 0 Å². The highest BCUT2D eigenvalue weighted by molar-refractivity contribution is 5.85. The number of piperazine rings is 1. The van der Waals surface area contributed by atoms with Crippen LogP contribution in [0.3, 0.4) is 0 Å². The zero-order valence-corrected chi connectivity index (χ0v) is 13.1. The fourth-order valence-corrected chi connectivity index (χ4v) is 2.62. The van der Waals surface area contributed by atoms with Crippen LogP contribution < -0.4 is 5.73 Å². The van der Waals surface area contributed by atoms with Gasteiger partial charge in [-0.15, -0.1) is 12.4 Å². The van der Waals surface area contributed by atoms with E-state index in [1.165, 1.54) is 7.11 Å². The van der Waals surface area contributed by atoms with Gasteiger partial charge >= 0.3 is 0 Å². The number of carbonyl (C=O) groups is 2. The van der Waals surface area contributed by atoms with Crippen molar-refractivity contribution in [1.82, 2.24) is 9.80 Å². The molecule has 0 bridgehead atoms. The number of rotatable bonds is 4. The van der Waals surface area contributed by atoms with Crippen molar-refractivity contribution in [2.24, 2.45) is 5.73 Å². The van der Waals surface area contributed by atoms with Crippen LogP contribution in [0.2, 0.25) is 0 Å². The topological polar surface area (TPSA) is 85.1 Å². The van der Waals surface area contributed by atoms with Crippen LogP contribution in [-0.2, 0) is 19.1 Å². The quantitative estimate of drug-likeness (QED) is 0.735. The van der Waals surface area contributed by atoms with E-state index >= 15 is 0 Å². The number of hydrogen-bond acceptors (Lipinski definition) is 5. The van der Waals surface area contributed by atoms with Gasteiger partial charge in [-0.05, 0) is 12.8 Å². The summed E-state index contributed by atoms with van der Waals surface area (Å²) in [5.74, 6) is -0.0454. The molecule has 2 rings (SSSR count). The van der Waals surface area contributed by atoms with Crippen LogP contribution >= 0.6 is 12.4 Å². The lowest BCUT2D eigenvalue weighted by Gasteiger charge is -2.36. The molecule has 2 unspecified atom stereocenters. The summed E-state index contributed by atoms with van der Waals surface area (Å²) in [6, 6.07) is 0. The van der Waals surface area contributed by atoms with Gasteiger partial charge in [0.25, 0.3) is 11.8 Å². The molecule has 0 aliphatic carbocycles. The minimum Gasteiger partial charge on any atom is -0.370 e. The molecule has 21 heavy (non-hydrogen) atoms. The number of amides is 2. The van der Waals surface area contributed by atoms with Gasteiger partial charge in [0.15, 0.2) is 0 Å². The minimum atomic E-state index is -0.588. The Kier molecular flexibility index (Phi) is 7.37. The average Bonchev–Trinajstić information content (AvgIpc) is 3.02. The van der Waals surface area contributed by atoms with E-state index in [0.717, 1.165) is 12.8 Å². The highest BCUT2D eigenvalue weighted by Crippen LogP contribution is 2.16. The molecule has 7 nitrogen and oxygen atoms in total. The summed E-state index contributed by atoms with van der Waals surface area (Å²) in [5, 5.41) is 0. The Morgan fingerprint density at radius 3 is 2.38 bits per heavy atom. The molecule has 2 N–H and O–H groups in total. The lowest BCUT2D eigenvalue weighted by Crippen LogP contribution is -2.55. The molecule has 2 saturated heterocycles. The molecular formula is C13H24ClN3O4. The van der Waals surface area contributed by atoms with E-state index in [9.17, 15) is 9.59 Å². The second-order valence-corrected chi connectivity index (χ2v) is 5.11. The number of nitrogens with zero attached hydrogens (tertiary/aromatic N) is 2. The molecule has 0 radical (unpaired) electrons. The summed E-state index contributed by atoms with van der Waals surface area (Å²) in [6.07, 6.45) is 0.876. The van der Waals surface area contributed by atoms with Gasteiger partial charge < -0.3 is 25.0 Å². The van der Waals surface area contributed by atoms with E-state index in [1.807, 2.05) is 0 Å². The predicted octanol–water partition coefficient (Wildman–Crippen LogP) is -0.768. The van der Waals surface area contributed by atoms with Crippen LogP contribution in [0, 0.1) is 0 Å². The Morgan fingerprint density at radius 1 is 1.29 bits per heavy atom. The van der Waals surface area contributed by atoms with Crippen LogP contribution in [0.5, 0.6) is 0 Å². The van der Waals surface area contributed by atoms with Gasteiger partial charge in [-0.1, -0.05) is 0 Å². The summed E-state index contributed by atoms with van der Waals surface area (Å²) in [6.45, 7) is 2.98. The Hall–Kier alpha value is -0.890. The monoisotopic (exact) mass is 321 g/mol. The van der Waals surface area contributed by atoms with Gasteiger partial charge in [-0.2, -0.15) is 0 Å². The molecule has 0 aromatic rings. The third kappa shape index (κ3) is 4.29. The molecule has 0 aromatic carbocycles. The van der Waals surface area contributed by atoms with Crippen molar-refractivity contribution >= 4 is 24.2 Å². The maximum Gasteiger partial charge on any atom is 0.253 e. The van der Waals surface area contributed by atoms with Crippen LogP contribution in [0.15, 0.2) is 0 Å². The highest BCUT2D eigenvalue weighted by atomic mass is 35.5. The number of hydrogen-bond donors (Lipinski definition) is 1. The van der Waals surface area contributed by atoms with Crippen molar-refractivity contribution in [3.05, 3.63) is 0 Å². The maximum atomic E-state index is 12.2. The van der Waals surface area contributed by atoms with E-state index in [-0.39, 0.29) is 36.9 Å². The molecule has 2 atom stereocenters. The second kappa shape index (κ2) is 8.53. The second-order valence-electron chi connectivity index (χ2n) is 5.11. The van der Waals surface area contributed by atoms with Crippen molar-refractivity contribution < 1.29 is 19.1 Å². The van der Waals surface area contributed by atoms with Crippen molar-refractivity contribution in [3.63, 3.8) is 0 Å². The zero-order valence-electron chi connectivity index (χ0n) is 12.3. The number of ether oxygens (including phenoxy) is 2. The molecule has 8 heteroatoms. The van der Waals surface area contributed by atoms with Gasteiger partial charge in [0.05, 0.1) is 0 Å². The smallest absolute Gasteiger partial charge is 0.253 e.